The Hall–Kier alpha value is -4.28. The Morgan fingerprint density at radius 2 is 1.89 bits per heavy atom. The van der Waals surface area contributed by atoms with Gasteiger partial charge in [-0.15, -0.1) is 0 Å². The molecule has 9 nitrogen and oxygen atoms in total. The van der Waals surface area contributed by atoms with Gasteiger partial charge in [0.15, 0.2) is 11.4 Å². The van der Waals surface area contributed by atoms with Crippen LogP contribution in [-0.2, 0) is 0 Å². The maximum atomic E-state index is 14.0. The van der Waals surface area contributed by atoms with Crippen LogP contribution >= 0.6 is 0 Å². The third-order valence-corrected chi connectivity index (χ3v) is 5.92. The largest absolute Gasteiger partial charge is 0.465 e. The predicted molar refractivity (Wildman–Crippen MR) is 126 cm³/mol. The first kappa shape index (κ1) is 22.5. The van der Waals surface area contributed by atoms with Gasteiger partial charge in [0.05, 0.1) is 16.5 Å². The molecule has 0 unspecified atom stereocenters. The van der Waals surface area contributed by atoms with Crippen molar-refractivity contribution in [3.05, 3.63) is 54.1 Å². The van der Waals surface area contributed by atoms with Crippen LogP contribution in [0, 0.1) is 0 Å². The van der Waals surface area contributed by atoms with E-state index in [4.69, 9.17) is 9.63 Å². The summed E-state index contributed by atoms with van der Waals surface area (Å²) in [5.41, 5.74) is 1.62. The van der Waals surface area contributed by atoms with Gasteiger partial charge in [-0.3, -0.25) is 10.1 Å². The zero-order valence-corrected chi connectivity index (χ0v) is 18.4. The van der Waals surface area contributed by atoms with E-state index in [0.29, 0.717) is 34.5 Å². The highest BCUT2D eigenvalue weighted by Crippen LogP contribution is 2.32. The maximum Gasteiger partial charge on any atom is 0.410 e. The highest BCUT2D eigenvalue weighted by atomic mass is 19.3. The fourth-order valence-corrected chi connectivity index (χ4v) is 4.20. The zero-order chi connectivity index (χ0) is 24.6. The van der Waals surface area contributed by atoms with E-state index in [1.54, 1.807) is 23.1 Å². The molecule has 5 rings (SSSR count). The smallest absolute Gasteiger partial charge is 0.410 e. The van der Waals surface area contributed by atoms with E-state index in [9.17, 15) is 18.4 Å². The minimum atomic E-state index is -2.75. The lowest BCUT2D eigenvalue weighted by Gasteiger charge is -2.24. The Labute approximate surface area is 197 Å². The first-order chi connectivity index (χ1) is 16.8. The van der Waals surface area contributed by atoms with Gasteiger partial charge in [0.25, 0.3) is 5.91 Å². The van der Waals surface area contributed by atoms with Crippen molar-refractivity contribution < 1.29 is 28.0 Å². The first-order valence-corrected chi connectivity index (χ1v) is 11.0. The molecule has 1 aliphatic rings. The number of nitrogens with one attached hydrogen (secondary N) is 2. The van der Waals surface area contributed by atoms with Gasteiger partial charge in [0.1, 0.15) is 5.82 Å². The SMILES string of the molecule is O=C(O)Nc1noc2ccc(NC(=O)c3cc4ccccc4nc3N3CCCC(F)(F)CC3)cc12. The van der Waals surface area contributed by atoms with Crippen molar-refractivity contribution in [3.63, 3.8) is 0 Å². The summed E-state index contributed by atoms with van der Waals surface area (Å²) in [4.78, 5) is 30.8. The molecule has 0 saturated carbocycles. The number of rotatable bonds is 4. The third kappa shape index (κ3) is 4.70. The normalized spacial score (nSPS) is 15.7. The molecule has 1 aliphatic heterocycles. The number of hydrogen-bond donors (Lipinski definition) is 3. The number of carbonyl (C=O) groups is 2. The van der Waals surface area contributed by atoms with Gasteiger partial charge >= 0.3 is 6.09 Å². The summed E-state index contributed by atoms with van der Waals surface area (Å²) in [6, 6.07) is 13.7. The number of pyridine rings is 1. The Balaban J connectivity index is 1.50. The lowest BCUT2D eigenvalue weighted by atomic mass is 10.1. The molecule has 1 fully saturated rings. The quantitative estimate of drug-likeness (QED) is 0.360. The number of para-hydroxylation sites is 1. The van der Waals surface area contributed by atoms with E-state index >= 15 is 0 Å². The number of halogens is 2. The third-order valence-electron chi connectivity index (χ3n) is 5.92. The molecular formula is C24H21F2N5O4. The van der Waals surface area contributed by atoms with Gasteiger partial charge in [-0.2, -0.15) is 0 Å². The van der Waals surface area contributed by atoms with Gasteiger partial charge in [-0.05, 0) is 36.8 Å². The Morgan fingerprint density at radius 1 is 1.06 bits per heavy atom. The lowest BCUT2D eigenvalue weighted by molar-refractivity contribution is -0.0102. The van der Waals surface area contributed by atoms with Crippen molar-refractivity contribution in [2.24, 2.45) is 0 Å². The Bertz CT molecular complexity index is 1440. The summed E-state index contributed by atoms with van der Waals surface area (Å²) >= 11 is 0. The van der Waals surface area contributed by atoms with Crippen LogP contribution in [0.5, 0.6) is 0 Å². The van der Waals surface area contributed by atoms with Gasteiger partial charge in [0, 0.05) is 37.0 Å². The van der Waals surface area contributed by atoms with Crippen molar-refractivity contribution in [1.82, 2.24) is 10.1 Å². The molecule has 4 aromatic rings. The van der Waals surface area contributed by atoms with Crippen LogP contribution in [0.3, 0.4) is 0 Å². The molecule has 11 heteroatoms. The molecular weight excluding hydrogens is 460 g/mol. The van der Waals surface area contributed by atoms with Crippen LogP contribution in [0.1, 0.15) is 29.6 Å². The van der Waals surface area contributed by atoms with Crippen LogP contribution < -0.4 is 15.5 Å². The number of fused-ring (bicyclic) bond motifs is 2. The van der Waals surface area contributed by atoms with Crippen molar-refractivity contribution in [1.29, 1.82) is 0 Å². The molecule has 2 aromatic heterocycles. The monoisotopic (exact) mass is 481 g/mol. The number of alkyl halides is 2. The fourth-order valence-electron chi connectivity index (χ4n) is 4.20. The highest BCUT2D eigenvalue weighted by Gasteiger charge is 2.33. The second kappa shape index (κ2) is 8.82. The summed E-state index contributed by atoms with van der Waals surface area (Å²) in [7, 11) is 0. The van der Waals surface area contributed by atoms with Crippen LogP contribution in [0.2, 0.25) is 0 Å². The number of amides is 2. The number of nitrogens with zero attached hydrogens (tertiary/aromatic N) is 3. The average Bonchev–Trinajstić information content (AvgIpc) is 3.11. The number of hydrogen-bond acceptors (Lipinski definition) is 6. The van der Waals surface area contributed by atoms with E-state index in [1.807, 2.05) is 24.3 Å². The van der Waals surface area contributed by atoms with Gasteiger partial charge < -0.3 is 19.8 Å². The lowest BCUT2D eigenvalue weighted by Crippen LogP contribution is -2.29. The summed E-state index contributed by atoms with van der Waals surface area (Å²) in [5.74, 6) is -2.87. The minimum absolute atomic E-state index is 0.00200. The Kier molecular flexibility index (Phi) is 5.67. The molecule has 2 amide bonds. The topological polar surface area (TPSA) is 121 Å². The van der Waals surface area contributed by atoms with E-state index in [0.717, 1.165) is 5.39 Å². The summed E-state index contributed by atoms with van der Waals surface area (Å²) < 4.78 is 33.1. The van der Waals surface area contributed by atoms with Gasteiger partial charge in [-0.25, -0.2) is 18.6 Å². The molecule has 3 N–H and O–H groups in total. The predicted octanol–water partition coefficient (Wildman–Crippen LogP) is 5.34. The summed E-state index contributed by atoms with van der Waals surface area (Å²) in [5, 5.41) is 18.7. The molecule has 180 valence electrons. The summed E-state index contributed by atoms with van der Waals surface area (Å²) in [6.07, 6.45) is -1.54. The first-order valence-electron chi connectivity index (χ1n) is 11.0. The highest BCUT2D eigenvalue weighted by molar-refractivity contribution is 6.10. The minimum Gasteiger partial charge on any atom is -0.465 e. The molecule has 0 bridgehead atoms. The van der Waals surface area contributed by atoms with Crippen LogP contribution in [0.4, 0.5) is 30.9 Å². The maximum absolute atomic E-state index is 14.0. The van der Waals surface area contributed by atoms with E-state index in [1.165, 1.54) is 6.07 Å². The zero-order valence-electron chi connectivity index (χ0n) is 18.4. The average molecular weight is 481 g/mol. The molecule has 0 radical (unpaired) electrons. The molecule has 35 heavy (non-hydrogen) atoms. The van der Waals surface area contributed by atoms with E-state index in [2.05, 4.69) is 20.8 Å². The fraction of sp³-hybridized carbons (Fsp3) is 0.250. The number of benzene rings is 2. The van der Waals surface area contributed by atoms with Gasteiger partial charge in [-0.1, -0.05) is 23.4 Å². The van der Waals surface area contributed by atoms with Crippen molar-refractivity contribution in [3.8, 4) is 0 Å². The molecule has 0 atom stereocenters. The van der Waals surface area contributed by atoms with E-state index in [-0.39, 0.29) is 37.2 Å². The Morgan fingerprint density at radius 3 is 2.71 bits per heavy atom. The number of aromatic nitrogens is 2. The molecule has 0 spiro atoms. The van der Waals surface area contributed by atoms with Crippen LogP contribution in [-0.4, -0.2) is 46.3 Å². The van der Waals surface area contributed by atoms with Crippen molar-refractivity contribution >= 4 is 51.2 Å². The number of carbonyl (C=O) groups excluding carboxylic acids is 1. The van der Waals surface area contributed by atoms with Crippen molar-refractivity contribution in [2.45, 2.75) is 25.2 Å². The van der Waals surface area contributed by atoms with Crippen LogP contribution in [0.15, 0.2) is 53.1 Å². The summed E-state index contributed by atoms with van der Waals surface area (Å²) in [6.45, 7) is 0.438. The van der Waals surface area contributed by atoms with Crippen molar-refractivity contribution in [2.75, 3.05) is 28.6 Å². The van der Waals surface area contributed by atoms with E-state index < -0.39 is 17.9 Å². The molecule has 3 heterocycles. The standard InChI is InChI=1S/C24H21F2N5O4/c25-24(26)8-3-10-31(11-9-24)21-17(12-14-4-1-2-5-18(14)28-21)22(32)27-15-6-7-19-16(13-15)20(30-35-19)29-23(33)34/h1-2,4-7,12-13H,3,8-11H2,(H,27,32)(H,29,30)(H,33,34). The number of carboxylic acid groups (broad SMARTS) is 1. The molecule has 1 saturated heterocycles. The van der Waals surface area contributed by atoms with Crippen LogP contribution in [0.25, 0.3) is 21.9 Å². The molecule has 2 aromatic carbocycles. The molecule has 0 aliphatic carbocycles. The second-order valence-corrected chi connectivity index (χ2v) is 8.38. The van der Waals surface area contributed by atoms with Gasteiger partial charge in [0.2, 0.25) is 5.92 Å². The second-order valence-electron chi connectivity index (χ2n) is 8.38. The number of anilines is 3.